The van der Waals surface area contributed by atoms with Crippen molar-refractivity contribution in [2.75, 3.05) is 26.9 Å². The summed E-state index contributed by atoms with van der Waals surface area (Å²) < 4.78 is 16.5. The third kappa shape index (κ3) is 3.30. The molecule has 0 bridgehead atoms. The molecule has 1 aromatic heterocycles. The van der Waals surface area contributed by atoms with E-state index >= 15 is 0 Å². The molecule has 7 nitrogen and oxygen atoms in total. The van der Waals surface area contributed by atoms with Crippen LogP contribution in [-0.2, 0) is 4.74 Å². The van der Waals surface area contributed by atoms with Crippen molar-refractivity contribution in [3.05, 3.63) is 68.5 Å². The van der Waals surface area contributed by atoms with Gasteiger partial charge in [-0.2, -0.15) is 0 Å². The minimum absolute atomic E-state index is 0.00182. The van der Waals surface area contributed by atoms with Gasteiger partial charge in [0.2, 0.25) is 5.76 Å². The van der Waals surface area contributed by atoms with Crippen molar-refractivity contribution in [2.24, 2.45) is 0 Å². The van der Waals surface area contributed by atoms with Crippen molar-refractivity contribution in [1.29, 1.82) is 0 Å². The Labute approximate surface area is 177 Å². The fourth-order valence-electron chi connectivity index (χ4n) is 3.73. The summed E-state index contributed by atoms with van der Waals surface area (Å²) >= 11 is 6.08. The molecule has 0 saturated carbocycles. The highest BCUT2D eigenvalue weighted by Crippen LogP contribution is 2.40. The Hall–Kier alpha value is -3.03. The number of hydrogen-bond acceptors (Lipinski definition) is 6. The van der Waals surface area contributed by atoms with Crippen LogP contribution in [0.3, 0.4) is 0 Å². The molecule has 0 radical (unpaired) electrons. The number of rotatable bonds is 6. The maximum absolute atomic E-state index is 13.4. The largest absolute Gasteiger partial charge is 0.504 e. The number of carbonyl (C=O) groups is 1. The Bertz CT molecular complexity index is 1190. The topological polar surface area (TPSA) is 89.2 Å². The second kappa shape index (κ2) is 8.01. The Balaban J connectivity index is 1.95. The molecule has 0 spiro atoms. The van der Waals surface area contributed by atoms with Gasteiger partial charge >= 0.3 is 0 Å². The van der Waals surface area contributed by atoms with E-state index in [1.165, 1.54) is 24.1 Å². The van der Waals surface area contributed by atoms with Crippen LogP contribution < -0.4 is 10.2 Å². The van der Waals surface area contributed by atoms with Crippen LogP contribution in [0.1, 0.15) is 34.6 Å². The highest BCUT2D eigenvalue weighted by molar-refractivity contribution is 6.31. The Morgan fingerprint density at radius 2 is 2.00 bits per heavy atom. The summed E-state index contributed by atoms with van der Waals surface area (Å²) in [5.41, 5.74) is 0.828. The van der Waals surface area contributed by atoms with Gasteiger partial charge in [0, 0.05) is 18.7 Å². The van der Waals surface area contributed by atoms with Gasteiger partial charge in [0.15, 0.2) is 16.9 Å². The molecule has 2 heterocycles. The van der Waals surface area contributed by atoms with Crippen LogP contribution in [0.25, 0.3) is 11.0 Å². The Morgan fingerprint density at radius 3 is 2.73 bits per heavy atom. The number of benzene rings is 2. The number of halogens is 1. The molecular weight excluding hydrogens is 410 g/mol. The van der Waals surface area contributed by atoms with Crippen molar-refractivity contribution >= 4 is 28.5 Å². The number of aromatic hydroxyl groups is 1. The summed E-state index contributed by atoms with van der Waals surface area (Å²) in [5, 5.41) is 10.8. The summed E-state index contributed by atoms with van der Waals surface area (Å²) in [5.74, 6) is -0.143. The Morgan fingerprint density at radius 1 is 1.20 bits per heavy atom. The van der Waals surface area contributed by atoms with Gasteiger partial charge in [0.25, 0.3) is 5.91 Å². The number of ether oxygens (including phenoxy) is 2. The molecule has 1 amide bonds. The van der Waals surface area contributed by atoms with Gasteiger partial charge in [-0.1, -0.05) is 17.7 Å². The number of phenolic OH excluding ortho intramolecular Hbond substituents is 1. The maximum Gasteiger partial charge on any atom is 0.290 e. The van der Waals surface area contributed by atoms with Gasteiger partial charge < -0.3 is 23.9 Å². The average molecular weight is 430 g/mol. The van der Waals surface area contributed by atoms with Crippen LogP contribution in [0.4, 0.5) is 0 Å². The fraction of sp³-hybridized carbons (Fsp3) is 0.273. The summed E-state index contributed by atoms with van der Waals surface area (Å²) in [6.07, 6.45) is 0. The molecule has 1 unspecified atom stereocenters. The SMILES string of the molecule is CCOc1cc(C2c3c(oc4ccc(Cl)cc4c3=O)C(=O)N2CCOC)ccc1O. The molecule has 4 rings (SSSR count). The van der Waals surface area contributed by atoms with Crippen molar-refractivity contribution < 1.29 is 23.8 Å². The zero-order valence-electron chi connectivity index (χ0n) is 16.5. The normalized spacial score (nSPS) is 15.6. The number of fused-ring (bicyclic) bond motifs is 2. The average Bonchev–Trinajstić information content (AvgIpc) is 3.01. The Kier molecular flexibility index (Phi) is 5.40. The number of nitrogens with zero attached hydrogens (tertiary/aromatic N) is 1. The fourth-order valence-corrected chi connectivity index (χ4v) is 3.90. The molecule has 8 heteroatoms. The van der Waals surface area contributed by atoms with Crippen LogP contribution in [0.2, 0.25) is 5.02 Å². The van der Waals surface area contributed by atoms with E-state index in [2.05, 4.69) is 0 Å². The first-order valence-electron chi connectivity index (χ1n) is 9.48. The van der Waals surface area contributed by atoms with Gasteiger partial charge in [0.1, 0.15) is 5.58 Å². The highest BCUT2D eigenvalue weighted by Gasteiger charge is 2.42. The van der Waals surface area contributed by atoms with E-state index in [0.717, 1.165) is 0 Å². The zero-order chi connectivity index (χ0) is 21.4. The lowest BCUT2D eigenvalue weighted by Crippen LogP contribution is -2.32. The lowest BCUT2D eigenvalue weighted by atomic mass is 9.98. The number of phenols is 1. The van der Waals surface area contributed by atoms with E-state index in [4.69, 9.17) is 25.5 Å². The smallest absolute Gasteiger partial charge is 0.290 e. The van der Waals surface area contributed by atoms with Gasteiger partial charge in [0.05, 0.1) is 30.2 Å². The predicted molar refractivity (Wildman–Crippen MR) is 112 cm³/mol. The highest BCUT2D eigenvalue weighted by atomic mass is 35.5. The summed E-state index contributed by atoms with van der Waals surface area (Å²) in [4.78, 5) is 28.1. The summed E-state index contributed by atoms with van der Waals surface area (Å²) in [6, 6.07) is 8.78. The van der Waals surface area contributed by atoms with E-state index in [1.54, 1.807) is 31.2 Å². The number of carbonyl (C=O) groups excluding carboxylic acids is 1. The van der Waals surface area contributed by atoms with E-state index in [9.17, 15) is 14.7 Å². The number of amides is 1. The molecule has 2 aromatic carbocycles. The predicted octanol–water partition coefficient (Wildman–Crippen LogP) is 3.74. The first kappa shape index (κ1) is 20.3. The molecule has 0 aliphatic carbocycles. The minimum Gasteiger partial charge on any atom is -0.504 e. The third-order valence-electron chi connectivity index (χ3n) is 5.06. The van der Waals surface area contributed by atoms with Crippen LogP contribution in [-0.4, -0.2) is 42.8 Å². The zero-order valence-corrected chi connectivity index (χ0v) is 17.2. The number of hydrogen-bond donors (Lipinski definition) is 1. The minimum atomic E-state index is -0.706. The molecular formula is C22H20ClNO6. The summed E-state index contributed by atoms with van der Waals surface area (Å²) in [7, 11) is 1.54. The monoisotopic (exact) mass is 429 g/mol. The van der Waals surface area contributed by atoms with Crippen LogP contribution >= 0.6 is 11.6 Å². The lowest BCUT2D eigenvalue weighted by Gasteiger charge is -2.25. The van der Waals surface area contributed by atoms with Crippen LogP contribution in [0, 0.1) is 0 Å². The molecule has 0 saturated heterocycles. The molecule has 30 heavy (non-hydrogen) atoms. The first-order valence-corrected chi connectivity index (χ1v) is 9.86. The van der Waals surface area contributed by atoms with Crippen molar-refractivity contribution in [3.63, 3.8) is 0 Å². The molecule has 156 valence electrons. The third-order valence-corrected chi connectivity index (χ3v) is 5.30. The molecule has 1 N–H and O–H groups in total. The van der Waals surface area contributed by atoms with Gasteiger partial charge in [-0.3, -0.25) is 9.59 Å². The van der Waals surface area contributed by atoms with E-state index in [1.807, 2.05) is 0 Å². The number of methoxy groups -OCH3 is 1. The first-order chi connectivity index (χ1) is 14.5. The summed E-state index contributed by atoms with van der Waals surface area (Å²) in [6.45, 7) is 2.70. The van der Waals surface area contributed by atoms with E-state index in [0.29, 0.717) is 28.2 Å². The lowest BCUT2D eigenvalue weighted by molar-refractivity contribution is 0.0663. The van der Waals surface area contributed by atoms with E-state index in [-0.39, 0.29) is 41.4 Å². The standard InChI is InChI=1S/C22H20ClNO6/c1-3-29-17-10-12(4-6-15(17)25)19-18-20(26)14-11-13(23)5-7-16(14)30-21(18)22(27)24(19)8-9-28-2/h4-7,10-11,19,25H,3,8-9H2,1-2H3. The van der Waals surface area contributed by atoms with Gasteiger partial charge in [-0.25, -0.2) is 0 Å². The van der Waals surface area contributed by atoms with Crippen molar-refractivity contribution in [1.82, 2.24) is 4.90 Å². The van der Waals surface area contributed by atoms with E-state index < -0.39 is 11.9 Å². The second-order valence-electron chi connectivity index (χ2n) is 6.87. The molecule has 1 aliphatic rings. The molecule has 1 atom stereocenters. The van der Waals surface area contributed by atoms with Gasteiger partial charge in [-0.05, 0) is 42.8 Å². The molecule has 0 fully saturated rings. The second-order valence-corrected chi connectivity index (χ2v) is 7.30. The molecule has 3 aromatic rings. The van der Waals surface area contributed by atoms with Crippen LogP contribution in [0.5, 0.6) is 11.5 Å². The van der Waals surface area contributed by atoms with Crippen molar-refractivity contribution in [2.45, 2.75) is 13.0 Å². The van der Waals surface area contributed by atoms with Crippen LogP contribution in [0.15, 0.2) is 45.6 Å². The van der Waals surface area contributed by atoms with Gasteiger partial charge in [-0.15, -0.1) is 0 Å². The van der Waals surface area contributed by atoms with Crippen molar-refractivity contribution in [3.8, 4) is 11.5 Å². The quantitative estimate of drug-likeness (QED) is 0.642. The maximum atomic E-state index is 13.4. The molecule has 1 aliphatic heterocycles.